The van der Waals surface area contributed by atoms with Crippen LogP contribution < -0.4 is 38.5 Å². The van der Waals surface area contributed by atoms with Gasteiger partial charge < -0.3 is 63.6 Å². The van der Waals surface area contributed by atoms with Gasteiger partial charge in [-0.2, -0.15) is 0 Å². The van der Waals surface area contributed by atoms with Crippen molar-refractivity contribution in [2.45, 2.75) is 141 Å². The predicted octanol–water partition coefficient (Wildman–Crippen LogP) is -1.21. The van der Waals surface area contributed by atoms with E-state index in [1.54, 1.807) is 19.1 Å². The number of rotatable bonds is 22. The number of aliphatic carboxylic acids is 1. The molecule has 2 aliphatic heterocycles. The summed E-state index contributed by atoms with van der Waals surface area (Å²) in [4.78, 5) is 102. The number of amides is 6. The third-order valence-corrected chi connectivity index (χ3v) is 11.2. The molecule has 2 heterocycles. The van der Waals surface area contributed by atoms with Crippen molar-refractivity contribution >= 4 is 47.4 Å². The summed E-state index contributed by atoms with van der Waals surface area (Å²) in [5.74, 6) is -5.57. The molecule has 9 atom stereocenters. The Balaban J connectivity index is 1.79. The van der Waals surface area contributed by atoms with Gasteiger partial charge in [-0.1, -0.05) is 46.2 Å². The number of aliphatic imine (C=N–C) groups is 1. The molecule has 1 aromatic carbocycles. The summed E-state index contributed by atoms with van der Waals surface area (Å²) in [6.07, 6.45) is 1.27. The fourth-order valence-corrected chi connectivity index (χ4v) is 7.48. The summed E-state index contributed by atoms with van der Waals surface area (Å²) in [7, 11) is 0. The molecule has 0 saturated carbocycles. The minimum atomic E-state index is -1.33. The van der Waals surface area contributed by atoms with Crippen LogP contribution >= 0.6 is 0 Å². The zero-order chi connectivity index (χ0) is 45.6. The minimum Gasteiger partial charge on any atom is -0.508 e. The Bertz CT molecular complexity index is 1720. The Morgan fingerprint density at radius 2 is 1.36 bits per heavy atom. The molecule has 0 unspecified atom stereocenters. The number of phenols is 1. The second-order valence-corrected chi connectivity index (χ2v) is 16.5. The number of benzene rings is 1. The van der Waals surface area contributed by atoms with Crippen LogP contribution in [-0.4, -0.2) is 141 Å². The molecule has 20 nitrogen and oxygen atoms in total. The number of nitrogens with two attached hydrogens (primary N) is 3. The number of carbonyl (C=O) groups is 7. The summed E-state index contributed by atoms with van der Waals surface area (Å²) >= 11 is 0. The second kappa shape index (κ2) is 23.5. The van der Waals surface area contributed by atoms with E-state index in [0.717, 1.165) is 0 Å². The first-order valence-corrected chi connectivity index (χ1v) is 21.1. The van der Waals surface area contributed by atoms with Crippen LogP contribution in [0.2, 0.25) is 0 Å². The van der Waals surface area contributed by atoms with Crippen molar-refractivity contribution < 1.29 is 48.9 Å². The number of aromatic hydroxyl groups is 1. The zero-order valence-electron chi connectivity index (χ0n) is 35.8. The van der Waals surface area contributed by atoms with Gasteiger partial charge in [-0.25, -0.2) is 4.79 Å². The Kier molecular flexibility index (Phi) is 19.2. The van der Waals surface area contributed by atoms with Crippen molar-refractivity contribution in [1.29, 1.82) is 0 Å². The summed E-state index contributed by atoms with van der Waals surface area (Å²) in [6, 6.07) is -1.87. The minimum absolute atomic E-state index is 0.00482. The number of carboxylic acids is 1. The van der Waals surface area contributed by atoms with Crippen molar-refractivity contribution in [1.82, 2.24) is 31.1 Å². The average molecular weight is 859 g/mol. The lowest BCUT2D eigenvalue weighted by Crippen LogP contribution is -2.60. The molecule has 0 aromatic heterocycles. The smallest absolute Gasteiger partial charge is 0.326 e. The molecule has 0 spiro atoms. The van der Waals surface area contributed by atoms with Gasteiger partial charge in [-0.3, -0.25) is 33.8 Å². The van der Waals surface area contributed by atoms with Crippen molar-refractivity contribution in [2.75, 3.05) is 19.6 Å². The molecule has 2 aliphatic rings. The van der Waals surface area contributed by atoms with Crippen LogP contribution in [0.25, 0.3) is 0 Å². The maximum atomic E-state index is 14.4. The number of nitrogens with one attached hydrogen (secondary N) is 4. The molecule has 2 saturated heterocycles. The van der Waals surface area contributed by atoms with Crippen molar-refractivity contribution in [3.63, 3.8) is 0 Å². The van der Waals surface area contributed by atoms with Crippen LogP contribution in [0.1, 0.15) is 91.5 Å². The molecule has 20 heteroatoms. The molecular formula is C41H66N10O10. The first-order chi connectivity index (χ1) is 28.7. The van der Waals surface area contributed by atoms with Crippen molar-refractivity contribution in [3.05, 3.63) is 29.8 Å². The normalized spacial score (nSPS) is 19.7. The van der Waals surface area contributed by atoms with E-state index >= 15 is 0 Å². The fraction of sp³-hybridized carbons (Fsp3) is 0.659. The number of carboxylic acid groups (broad SMARTS) is 1. The number of likely N-dealkylation sites (tertiary alicyclic amines) is 2. The van der Waals surface area contributed by atoms with Gasteiger partial charge in [0.05, 0.1) is 6.10 Å². The molecule has 6 amide bonds. The molecule has 13 N–H and O–H groups in total. The van der Waals surface area contributed by atoms with Gasteiger partial charge in [0.2, 0.25) is 35.4 Å². The molecule has 0 bridgehead atoms. The maximum absolute atomic E-state index is 14.4. The molecule has 0 aliphatic carbocycles. The number of guanidine groups is 1. The molecule has 2 fully saturated rings. The van der Waals surface area contributed by atoms with Gasteiger partial charge in [-0.15, -0.1) is 0 Å². The molecule has 340 valence electrons. The number of aliphatic hydroxyl groups excluding tert-OH is 1. The third kappa shape index (κ3) is 14.6. The largest absolute Gasteiger partial charge is 0.508 e. The topological polar surface area (TPSA) is 325 Å². The van der Waals surface area contributed by atoms with Crippen LogP contribution in [0.5, 0.6) is 5.75 Å². The van der Waals surface area contributed by atoms with Crippen LogP contribution in [0.4, 0.5) is 0 Å². The standard InChI is InChI=1S/C41H66N10O10/c1-6-23(4)33(49-36(56)31-12-8-18-50(31)38(58)29(48-37(57)32(42)24(5)52)21-25-13-15-26(53)16-14-25)39(59)51-19-9-11-30(51)35(55)47-28(20-22(2)3)34(54)46-27(40(60)61)10-7-17-45-41(43)44/h13-16,22-24,27-33,52-53H,6-12,17-21,42H2,1-5H3,(H,46,54)(H,47,55)(H,48,57)(H,49,56)(H,60,61)(H4,43,44,45)/t23-,24+,27-,28-,29-,30-,31-,32-,33-/m0/s1. The van der Waals surface area contributed by atoms with Gasteiger partial charge in [0.15, 0.2) is 5.96 Å². The Labute approximate surface area is 356 Å². The van der Waals surface area contributed by atoms with E-state index in [0.29, 0.717) is 24.8 Å². The molecule has 0 radical (unpaired) electrons. The summed E-state index contributed by atoms with van der Waals surface area (Å²) < 4.78 is 0. The first kappa shape index (κ1) is 49.9. The average Bonchev–Trinajstić information content (AvgIpc) is 3.91. The lowest BCUT2D eigenvalue weighted by molar-refractivity contribution is -0.145. The number of nitrogens with zero attached hydrogens (tertiary/aromatic N) is 3. The molecular weight excluding hydrogens is 793 g/mol. The maximum Gasteiger partial charge on any atom is 0.326 e. The number of aliphatic hydroxyl groups is 1. The van der Waals surface area contributed by atoms with Gasteiger partial charge in [0, 0.05) is 26.1 Å². The van der Waals surface area contributed by atoms with E-state index < -0.39 is 95.7 Å². The second-order valence-electron chi connectivity index (χ2n) is 16.5. The van der Waals surface area contributed by atoms with Gasteiger partial charge in [-0.05, 0) is 81.4 Å². The van der Waals surface area contributed by atoms with E-state index in [2.05, 4.69) is 26.3 Å². The number of hydrogen-bond donors (Lipinski definition) is 10. The summed E-state index contributed by atoms with van der Waals surface area (Å²) in [5.41, 5.74) is 17.2. The Morgan fingerprint density at radius 3 is 1.89 bits per heavy atom. The molecule has 61 heavy (non-hydrogen) atoms. The van der Waals surface area contributed by atoms with Crippen molar-refractivity contribution in [3.8, 4) is 5.75 Å². The summed E-state index contributed by atoms with van der Waals surface area (Å²) in [6.45, 7) is 9.24. The zero-order valence-corrected chi connectivity index (χ0v) is 35.8. The van der Waals surface area contributed by atoms with E-state index in [4.69, 9.17) is 17.2 Å². The third-order valence-electron chi connectivity index (χ3n) is 11.2. The predicted molar refractivity (Wildman–Crippen MR) is 225 cm³/mol. The van der Waals surface area contributed by atoms with Gasteiger partial charge in [0.25, 0.3) is 0 Å². The lowest BCUT2D eigenvalue weighted by Gasteiger charge is -2.34. The van der Waals surface area contributed by atoms with Crippen LogP contribution in [-0.2, 0) is 40.0 Å². The highest BCUT2D eigenvalue weighted by molar-refractivity contribution is 5.97. The number of hydrogen-bond acceptors (Lipinski definition) is 11. The van der Waals surface area contributed by atoms with E-state index in [1.807, 2.05) is 20.8 Å². The van der Waals surface area contributed by atoms with Crippen LogP contribution in [0.3, 0.4) is 0 Å². The van der Waals surface area contributed by atoms with E-state index in [-0.39, 0.29) is 75.8 Å². The van der Waals surface area contributed by atoms with Gasteiger partial charge >= 0.3 is 5.97 Å². The highest BCUT2D eigenvalue weighted by Gasteiger charge is 2.43. The fourth-order valence-electron chi connectivity index (χ4n) is 7.48. The SMILES string of the molecule is CC[C@H](C)[C@H](NC(=O)[C@@H]1CCCN1C(=O)[C@H](Cc1ccc(O)cc1)NC(=O)[C@@H](N)[C@@H](C)O)C(=O)N1CCC[C@H]1C(=O)N[C@@H](CC(C)C)C(=O)N[C@@H](CCCN=C(N)N)C(=O)O. The molecule has 1 aromatic rings. The Hall–Kier alpha value is -5.50. The van der Waals surface area contributed by atoms with E-state index in [9.17, 15) is 48.9 Å². The number of phenolic OH excluding ortho intramolecular Hbond substituents is 1. The highest BCUT2D eigenvalue weighted by atomic mass is 16.4. The highest BCUT2D eigenvalue weighted by Crippen LogP contribution is 2.25. The van der Waals surface area contributed by atoms with Crippen molar-refractivity contribution in [2.24, 2.45) is 34.0 Å². The molecule has 3 rings (SSSR count). The van der Waals surface area contributed by atoms with Crippen LogP contribution in [0.15, 0.2) is 29.3 Å². The quantitative estimate of drug-likeness (QED) is 0.0373. The Morgan fingerprint density at radius 1 is 0.803 bits per heavy atom. The monoisotopic (exact) mass is 858 g/mol. The summed E-state index contributed by atoms with van der Waals surface area (Å²) in [5, 5.41) is 40.2. The van der Waals surface area contributed by atoms with E-state index in [1.165, 1.54) is 28.9 Å². The van der Waals surface area contributed by atoms with Crippen LogP contribution in [0, 0.1) is 11.8 Å². The number of carbonyl (C=O) groups excluding carboxylic acids is 6. The first-order valence-electron chi connectivity index (χ1n) is 21.1. The van der Waals surface area contributed by atoms with Gasteiger partial charge in [0.1, 0.15) is 48.0 Å². The lowest BCUT2D eigenvalue weighted by atomic mass is 9.96.